The Labute approximate surface area is 104 Å². The molecule has 2 rings (SSSR count). The van der Waals surface area contributed by atoms with Crippen LogP contribution in [0.25, 0.3) is 0 Å². The minimum Gasteiger partial charge on any atom is -0.396 e. The number of piperidine rings is 1. The Kier molecular flexibility index (Phi) is 4.57. The number of nitrogens with zero attached hydrogens (tertiary/aromatic N) is 1. The zero-order valence-corrected chi connectivity index (χ0v) is 10.9. The summed E-state index contributed by atoms with van der Waals surface area (Å²) in [6, 6.07) is 0.466. The number of carbonyl (C=O) groups is 1. The number of carbonyl (C=O) groups excluding carboxylic acids is 1. The van der Waals surface area contributed by atoms with Crippen LogP contribution in [0.4, 0.5) is 0 Å². The molecule has 3 heteroatoms. The van der Waals surface area contributed by atoms with Gasteiger partial charge in [-0.3, -0.25) is 9.69 Å². The van der Waals surface area contributed by atoms with Crippen LogP contribution in [0.15, 0.2) is 0 Å². The van der Waals surface area contributed by atoms with Gasteiger partial charge in [-0.05, 0) is 38.1 Å². The highest BCUT2D eigenvalue weighted by molar-refractivity contribution is 5.83. The maximum absolute atomic E-state index is 11.9. The molecular formula is C14H25NO2. The SMILES string of the molecule is CC(CO)CN1CCCCC1C1CCCC1=O. The number of hydrogen-bond donors (Lipinski definition) is 1. The van der Waals surface area contributed by atoms with Gasteiger partial charge in [0.15, 0.2) is 0 Å². The first-order valence-corrected chi connectivity index (χ1v) is 7.10. The summed E-state index contributed by atoms with van der Waals surface area (Å²) < 4.78 is 0. The zero-order chi connectivity index (χ0) is 12.3. The second kappa shape index (κ2) is 5.96. The molecule has 0 amide bonds. The fraction of sp³-hybridized carbons (Fsp3) is 0.929. The Hall–Kier alpha value is -0.410. The Morgan fingerprint density at radius 3 is 2.82 bits per heavy atom. The Morgan fingerprint density at radius 1 is 1.35 bits per heavy atom. The molecule has 3 atom stereocenters. The van der Waals surface area contributed by atoms with Gasteiger partial charge in [-0.1, -0.05) is 13.3 Å². The van der Waals surface area contributed by atoms with Gasteiger partial charge in [0, 0.05) is 31.5 Å². The molecule has 17 heavy (non-hydrogen) atoms. The molecule has 1 N–H and O–H groups in total. The molecule has 98 valence electrons. The van der Waals surface area contributed by atoms with E-state index in [9.17, 15) is 9.90 Å². The normalized spacial score (nSPS) is 32.9. The molecule has 1 saturated carbocycles. The number of hydrogen-bond acceptors (Lipinski definition) is 3. The van der Waals surface area contributed by atoms with E-state index in [1.165, 1.54) is 19.3 Å². The summed E-state index contributed by atoms with van der Waals surface area (Å²) in [4.78, 5) is 14.4. The van der Waals surface area contributed by atoms with Gasteiger partial charge in [0.05, 0.1) is 0 Å². The molecule has 0 aromatic rings. The zero-order valence-electron chi connectivity index (χ0n) is 10.9. The largest absolute Gasteiger partial charge is 0.396 e. The second-order valence-electron chi connectivity index (χ2n) is 5.81. The van der Waals surface area contributed by atoms with Crippen LogP contribution >= 0.6 is 0 Å². The van der Waals surface area contributed by atoms with Gasteiger partial charge in [-0.15, -0.1) is 0 Å². The van der Waals surface area contributed by atoms with Crippen LogP contribution in [0.1, 0.15) is 45.4 Å². The summed E-state index contributed by atoms with van der Waals surface area (Å²) in [5.74, 6) is 1.10. The molecular weight excluding hydrogens is 214 g/mol. The molecule has 0 spiro atoms. The smallest absolute Gasteiger partial charge is 0.137 e. The van der Waals surface area contributed by atoms with Gasteiger partial charge >= 0.3 is 0 Å². The monoisotopic (exact) mass is 239 g/mol. The number of ketones is 1. The molecule has 1 saturated heterocycles. The van der Waals surface area contributed by atoms with E-state index in [-0.39, 0.29) is 6.61 Å². The first-order chi connectivity index (χ1) is 8.22. The van der Waals surface area contributed by atoms with E-state index in [4.69, 9.17) is 0 Å². The van der Waals surface area contributed by atoms with Crippen molar-refractivity contribution in [3.8, 4) is 0 Å². The van der Waals surface area contributed by atoms with Gasteiger partial charge in [0.25, 0.3) is 0 Å². The van der Waals surface area contributed by atoms with Gasteiger partial charge < -0.3 is 5.11 Å². The topological polar surface area (TPSA) is 40.5 Å². The lowest BCUT2D eigenvalue weighted by Crippen LogP contribution is -2.47. The van der Waals surface area contributed by atoms with Gasteiger partial charge in [0.2, 0.25) is 0 Å². The fourth-order valence-electron chi connectivity index (χ4n) is 3.41. The summed E-state index contributed by atoms with van der Waals surface area (Å²) in [7, 11) is 0. The summed E-state index contributed by atoms with van der Waals surface area (Å²) >= 11 is 0. The third-order valence-corrected chi connectivity index (χ3v) is 4.34. The van der Waals surface area contributed by atoms with Crippen LogP contribution in [0, 0.1) is 11.8 Å². The molecule has 0 radical (unpaired) electrons. The van der Waals surface area contributed by atoms with Crippen LogP contribution in [-0.4, -0.2) is 41.5 Å². The quantitative estimate of drug-likeness (QED) is 0.814. The van der Waals surface area contributed by atoms with Gasteiger partial charge in [0.1, 0.15) is 5.78 Å². The molecule has 3 nitrogen and oxygen atoms in total. The lowest BCUT2D eigenvalue weighted by Gasteiger charge is -2.39. The maximum atomic E-state index is 11.9. The average Bonchev–Trinajstić information content (AvgIpc) is 2.76. The van der Waals surface area contributed by atoms with Crippen LogP contribution in [0.2, 0.25) is 0 Å². The summed E-state index contributed by atoms with van der Waals surface area (Å²) in [6.07, 6.45) is 6.66. The third kappa shape index (κ3) is 3.08. The number of Topliss-reactive ketones (excluding diaryl/α,β-unsaturated/α-hetero) is 1. The standard InChI is InChI=1S/C14H25NO2/c1-11(10-16)9-15-8-3-2-6-13(15)12-5-4-7-14(12)17/h11-13,16H,2-10H2,1H3. The van der Waals surface area contributed by atoms with Crippen molar-refractivity contribution >= 4 is 5.78 Å². The first kappa shape index (κ1) is 13.0. The molecule has 0 aromatic carbocycles. The first-order valence-electron chi connectivity index (χ1n) is 7.10. The predicted molar refractivity (Wildman–Crippen MR) is 67.8 cm³/mol. The van der Waals surface area contributed by atoms with E-state index in [0.717, 1.165) is 32.4 Å². The van der Waals surface area contributed by atoms with Gasteiger partial charge in [-0.2, -0.15) is 0 Å². The van der Waals surface area contributed by atoms with Crippen molar-refractivity contribution in [3.63, 3.8) is 0 Å². The lowest BCUT2D eigenvalue weighted by atomic mass is 9.88. The number of likely N-dealkylation sites (tertiary alicyclic amines) is 1. The minimum absolute atomic E-state index is 0.252. The van der Waals surface area contributed by atoms with Crippen molar-refractivity contribution in [2.24, 2.45) is 11.8 Å². The fourth-order valence-corrected chi connectivity index (χ4v) is 3.41. The molecule has 2 fully saturated rings. The van der Waals surface area contributed by atoms with Crippen molar-refractivity contribution in [3.05, 3.63) is 0 Å². The Morgan fingerprint density at radius 2 is 2.18 bits per heavy atom. The minimum atomic E-state index is 0.252. The van der Waals surface area contributed by atoms with E-state index < -0.39 is 0 Å². The molecule has 0 aromatic heterocycles. The highest BCUT2D eigenvalue weighted by Crippen LogP contribution is 2.32. The second-order valence-corrected chi connectivity index (χ2v) is 5.81. The summed E-state index contributed by atoms with van der Waals surface area (Å²) in [5.41, 5.74) is 0. The number of aliphatic hydroxyl groups is 1. The van der Waals surface area contributed by atoms with E-state index in [2.05, 4.69) is 11.8 Å². The number of aliphatic hydroxyl groups excluding tert-OH is 1. The molecule has 1 heterocycles. The third-order valence-electron chi connectivity index (χ3n) is 4.34. The van der Waals surface area contributed by atoms with Crippen LogP contribution in [-0.2, 0) is 4.79 Å². The average molecular weight is 239 g/mol. The lowest BCUT2D eigenvalue weighted by molar-refractivity contribution is -0.123. The molecule has 1 aliphatic heterocycles. The van der Waals surface area contributed by atoms with E-state index in [1.807, 2.05) is 0 Å². The molecule has 2 aliphatic rings. The van der Waals surface area contributed by atoms with Crippen LogP contribution in [0.3, 0.4) is 0 Å². The summed E-state index contributed by atoms with van der Waals surface area (Å²) in [6.45, 7) is 4.40. The van der Waals surface area contributed by atoms with Crippen molar-refractivity contribution in [1.82, 2.24) is 4.90 Å². The van der Waals surface area contributed by atoms with Crippen LogP contribution < -0.4 is 0 Å². The molecule has 0 bridgehead atoms. The predicted octanol–water partition coefficient (Wildman–Crippen LogP) is 1.84. The van der Waals surface area contributed by atoms with Crippen molar-refractivity contribution in [1.29, 1.82) is 0 Å². The van der Waals surface area contributed by atoms with Gasteiger partial charge in [-0.25, -0.2) is 0 Å². The molecule has 1 aliphatic carbocycles. The van der Waals surface area contributed by atoms with Crippen molar-refractivity contribution in [2.45, 2.75) is 51.5 Å². The van der Waals surface area contributed by atoms with Crippen LogP contribution in [0.5, 0.6) is 0 Å². The highest BCUT2D eigenvalue weighted by Gasteiger charge is 2.36. The van der Waals surface area contributed by atoms with E-state index in [1.54, 1.807) is 0 Å². The van der Waals surface area contributed by atoms with E-state index >= 15 is 0 Å². The summed E-state index contributed by atoms with van der Waals surface area (Å²) in [5, 5.41) is 9.18. The Balaban J connectivity index is 1.98. The maximum Gasteiger partial charge on any atom is 0.137 e. The Bertz CT molecular complexity index is 267. The van der Waals surface area contributed by atoms with Crippen molar-refractivity contribution < 1.29 is 9.90 Å². The van der Waals surface area contributed by atoms with E-state index in [0.29, 0.717) is 23.7 Å². The van der Waals surface area contributed by atoms with Crippen molar-refractivity contribution in [2.75, 3.05) is 19.7 Å². The highest BCUT2D eigenvalue weighted by atomic mass is 16.3. The number of rotatable bonds is 4. The molecule has 3 unspecified atom stereocenters.